The van der Waals surface area contributed by atoms with Gasteiger partial charge in [0.2, 0.25) is 0 Å². The minimum Gasteiger partial charge on any atom is -0.492 e. The van der Waals surface area contributed by atoms with Gasteiger partial charge in [-0.05, 0) is 0 Å². The van der Waals surface area contributed by atoms with E-state index in [2.05, 4.69) is 5.32 Å². The molecule has 0 aliphatic carbocycles. The van der Waals surface area contributed by atoms with Crippen LogP contribution in [0.15, 0.2) is 5.38 Å². The Balaban J connectivity index is 2.74. The molecule has 16 heavy (non-hydrogen) atoms. The molecule has 1 unspecified atom stereocenters. The van der Waals surface area contributed by atoms with Gasteiger partial charge in [0.1, 0.15) is 6.10 Å². The van der Waals surface area contributed by atoms with E-state index < -0.39 is 6.10 Å². The van der Waals surface area contributed by atoms with Crippen LogP contribution >= 0.6 is 11.3 Å². The summed E-state index contributed by atoms with van der Waals surface area (Å²) in [5.74, 6) is 1.30. The van der Waals surface area contributed by atoms with Gasteiger partial charge in [0, 0.05) is 18.0 Å². The Labute approximate surface area is 100 Å². The second kappa shape index (κ2) is 6.08. The fourth-order valence-electron chi connectivity index (χ4n) is 1.36. The molecular formula is C11H19NO3S. The molecule has 1 aromatic heterocycles. The number of hydrogen-bond acceptors (Lipinski definition) is 5. The molecule has 1 heterocycles. The Kier molecular flexibility index (Phi) is 5.05. The van der Waals surface area contributed by atoms with Gasteiger partial charge in [-0.2, -0.15) is 0 Å². The first-order valence-electron chi connectivity index (χ1n) is 5.21. The molecule has 92 valence electrons. The number of aliphatic hydroxyl groups excluding tert-OH is 1. The number of thiophene rings is 1. The Morgan fingerprint density at radius 3 is 2.56 bits per heavy atom. The van der Waals surface area contributed by atoms with Gasteiger partial charge in [-0.3, -0.25) is 0 Å². The molecule has 0 spiro atoms. The molecule has 5 heteroatoms. The van der Waals surface area contributed by atoms with E-state index in [0.29, 0.717) is 24.1 Å². The number of nitrogens with one attached hydrogen (secondary N) is 1. The molecular weight excluding hydrogens is 226 g/mol. The summed E-state index contributed by atoms with van der Waals surface area (Å²) in [6.45, 7) is 4.59. The van der Waals surface area contributed by atoms with E-state index >= 15 is 0 Å². The van der Waals surface area contributed by atoms with Gasteiger partial charge in [-0.1, -0.05) is 13.8 Å². The third-order valence-corrected chi connectivity index (χ3v) is 3.23. The lowest BCUT2D eigenvalue weighted by Crippen LogP contribution is -2.27. The summed E-state index contributed by atoms with van der Waals surface area (Å²) in [5, 5.41) is 15.0. The molecule has 0 saturated carbocycles. The number of ether oxygens (including phenoxy) is 2. The van der Waals surface area contributed by atoms with Crippen LogP contribution in [0.5, 0.6) is 11.5 Å². The highest BCUT2D eigenvalue weighted by Gasteiger charge is 2.19. The maximum Gasteiger partial charge on any atom is 0.177 e. The smallest absolute Gasteiger partial charge is 0.177 e. The maximum absolute atomic E-state index is 10.0. The van der Waals surface area contributed by atoms with Crippen molar-refractivity contribution in [2.45, 2.75) is 26.0 Å². The first kappa shape index (κ1) is 13.3. The molecule has 0 saturated heterocycles. The van der Waals surface area contributed by atoms with Crippen molar-refractivity contribution in [1.29, 1.82) is 0 Å². The van der Waals surface area contributed by atoms with E-state index in [-0.39, 0.29) is 0 Å². The Hall–Kier alpha value is -0.780. The van der Waals surface area contributed by atoms with E-state index in [4.69, 9.17) is 9.47 Å². The first-order chi connectivity index (χ1) is 7.60. The van der Waals surface area contributed by atoms with Gasteiger partial charge in [-0.15, -0.1) is 11.3 Å². The van der Waals surface area contributed by atoms with Gasteiger partial charge in [0.25, 0.3) is 0 Å². The lowest BCUT2D eigenvalue weighted by atomic mass is 10.2. The number of rotatable bonds is 6. The molecule has 1 atom stereocenters. The molecule has 0 bridgehead atoms. The molecule has 0 aliphatic rings. The lowest BCUT2D eigenvalue weighted by Gasteiger charge is -2.14. The minimum atomic E-state index is -0.564. The maximum atomic E-state index is 10.0. The summed E-state index contributed by atoms with van der Waals surface area (Å²) in [6, 6.07) is 0.350. The second-order valence-corrected chi connectivity index (χ2v) is 4.69. The van der Waals surface area contributed by atoms with Crippen LogP contribution in [0.25, 0.3) is 0 Å². The van der Waals surface area contributed by atoms with E-state index in [9.17, 15) is 5.11 Å². The second-order valence-electron chi connectivity index (χ2n) is 3.78. The highest BCUT2D eigenvalue weighted by Crippen LogP contribution is 2.40. The predicted octanol–water partition coefficient (Wildman–Crippen LogP) is 1.80. The van der Waals surface area contributed by atoms with Crippen LogP contribution < -0.4 is 14.8 Å². The van der Waals surface area contributed by atoms with Crippen molar-refractivity contribution >= 4 is 11.3 Å². The van der Waals surface area contributed by atoms with Crippen molar-refractivity contribution in [1.82, 2.24) is 5.32 Å². The van der Waals surface area contributed by atoms with Crippen molar-refractivity contribution in [2.75, 3.05) is 20.8 Å². The number of aliphatic hydroxyl groups is 1. The van der Waals surface area contributed by atoms with Gasteiger partial charge in [-0.25, -0.2) is 0 Å². The number of methoxy groups -OCH3 is 2. The Morgan fingerprint density at radius 2 is 2.06 bits per heavy atom. The molecule has 1 rings (SSSR count). The highest BCUT2D eigenvalue weighted by atomic mass is 32.1. The normalized spacial score (nSPS) is 12.9. The molecule has 0 aromatic carbocycles. The topological polar surface area (TPSA) is 50.7 Å². The highest BCUT2D eigenvalue weighted by molar-refractivity contribution is 7.10. The summed E-state index contributed by atoms with van der Waals surface area (Å²) in [7, 11) is 3.17. The molecule has 0 amide bonds. The van der Waals surface area contributed by atoms with Crippen molar-refractivity contribution in [2.24, 2.45) is 0 Å². The van der Waals surface area contributed by atoms with Gasteiger partial charge < -0.3 is 19.9 Å². The molecule has 1 aromatic rings. The molecule has 2 N–H and O–H groups in total. The van der Waals surface area contributed by atoms with Gasteiger partial charge >= 0.3 is 0 Å². The molecule has 0 fully saturated rings. The average Bonchev–Trinajstić information content (AvgIpc) is 2.68. The van der Waals surface area contributed by atoms with E-state index in [0.717, 1.165) is 4.88 Å². The third-order valence-electron chi connectivity index (χ3n) is 2.19. The van der Waals surface area contributed by atoms with Gasteiger partial charge in [0.15, 0.2) is 11.5 Å². The van der Waals surface area contributed by atoms with Crippen LogP contribution in [0.1, 0.15) is 24.8 Å². The monoisotopic (exact) mass is 245 g/mol. The van der Waals surface area contributed by atoms with Crippen molar-refractivity contribution in [3.05, 3.63) is 10.3 Å². The summed E-state index contributed by atoms with van der Waals surface area (Å²) < 4.78 is 10.4. The Bertz CT molecular complexity index is 325. The zero-order chi connectivity index (χ0) is 12.1. The standard InChI is InChI=1S/C11H19NO3S/c1-7(2)12-5-8(13)11-10(15-4)9(14-3)6-16-11/h6-8,12-13H,5H2,1-4H3. The van der Waals surface area contributed by atoms with Crippen LogP contribution in [0.3, 0.4) is 0 Å². The summed E-state index contributed by atoms with van der Waals surface area (Å²) in [4.78, 5) is 0.799. The third kappa shape index (κ3) is 3.10. The van der Waals surface area contributed by atoms with Crippen LogP contribution in [0.4, 0.5) is 0 Å². The lowest BCUT2D eigenvalue weighted by molar-refractivity contribution is 0.171. The minimum absolute atomic E-state index is 0.350. The van der Waals surface area contributed by atoms with E-state index in [1.165, 1.54) is 11.3 Å². The summed E-state index contributed by atoms with van der Waals surface area (Å²) in [5.41, 5.74) is 0. The quantitative estimate of drug-likeness (QED) is 0.802. The first-order valence-corrected chi connectivity index (χ1v) is 6.08. The molecule has 0 radical (unpaired) electrons. The van der Waals surface area contributed by atoms with Crippen LogP contribution in [-0.2, 0) is 0 Å². The van der Waals surface area contributed by atoms with Crippen molar-refractivity contribution in [3.8, 4) is 11.5 Å². The summed E-state index contributed by atoms with van der Waals surface area (Å²) >= 11 is 1.45. The zero-order valence-corrected chi connectivity index (χ0v) is 10.9. The van der Waals surface area contributed by atoms with E-state index in [1.54, 1.807) is 14.2 Å². The fourth-order valence-corrected chi connectivity index (χ4v) is 2.33. The van der Waals surface area contributed by atoms with Crippen LogP contribution in [0, 0.1) is 0 Å². The Morgan fingerprint density at radius 1 is 1.38 bits per heavy atom. The largest absolute Gasteiger partial charge is 0.492 e. The van der Waals surface area contributed by atoms with Crippen LogP contribution in [0.2, 0.25) is 0 Å². The fraction of sp³-hybridized carbons (Fsp3) is 0.636. The SMILES string of the molecule is COc1csc(C(O)CNC(C)C)c1OC. The van der Waals surface area contributed by atoms with Crippen molar-refractivity contribution < 1.29 is 14.6 Å². The number of hydrogen-bond donors (Lipinski definition) is 2. The molecule has 4 nitrogen and oxygen atoms in total. The van der Waals surface area contributed by atoms with Crippen molar-refractivity contribution in [3.63, 3.8) is 0 Å². The van der Waals surface area contributed by atoms with Gasteiger partial charge in [0.05, 0.1) is 19.1 Å². The average molecular weight is 245 g/mol. The van der Waals surface area contributed by atoms with Crippen LogP contribution in [-0.4, -0.2) is 31.9 Å². The summed E-state index contributed by atoms with van der Waals surface area (Å²) in [6.07, 6.45) is -0.564. The predicted molar refractivity (Wildman–Crippen MR) is 65.5 cm³/mol. The molecule has 0 aliphatic heterocycles. The van der Waals surface area contributed by atoms with E-state index in [1.807, 2.05) is 19.2 Å². The zero-order valence-electron chi connectivity index (χ0n) is 10.1.